The molecule has 0 unspecified atom stereocenters. The first-order valence-electron chi connectivity index (χ1n) is 15.3. The zero-order valence-electron chi connectivity index (χ0n) is 26.9. The maximum absolute atomic E-state index is 11.7. The number of anilines is 1. The highest BCUT2D eigenvalue weighted by molar-refractivity contribution is 5.94. The number of rotatable bonds is 18. The minimum atomic E-state index is -0.276. The van der Waals surface area contributed by atoms with Crippen molar-refractivity contribution >= 4 is 41.1 Å². The molecule has 0 aliphatic rings. The first kappa shape index (κ1) is 41.5. The van der Waals surface area contributed by atoms with Crippen molar-refractivity contribution < 1.29 is 38.2 Å². The molecule has 11 nitrogen and oxygen atoms in total. The Hall–Kier alpha value is -4.54. The highest BCUT2D eigenvalue weighted by Crippen LogP contribution is 2.17. The summed E-state index contributed by atoms with van der Waals surface area (Å²) in [5, 5.41) is 7.80. The minimum Gasteiger partial charge on any atom is -0.427 e. The fourth-order valence-electron chi connectivity index (χ4n) is 4.00. The molecule has 0 spiro atoms. The molecule has 0 fully saturated rings. The lowest BCUT2D eigenvalue weighted by atomic mass is 10.1. The topological polar surface area (TPSA) is 157 Å². The largest absolute Gasteiger partial charge is 0.427 e. The van der Waals surface area contributed by atoms with Crippen molar-refractivity contribution in [3.63, 3.8) is 0 Å². The third kappa shape index (κ3) is 20.4. The van der Waals surface area contributed by atoms with Gasteiger partial charge in [0, 0.05) is 58.0 Å². The van der Waals surface area contributed by atoms with E-state index in [2.05, 4.69) is 16.0 Å². The van der Waals surface area contributed by atoms with E-state index < -0.39 is 0 Å². The van der Waals surface area contributed by atoms with Crippen LogP contribution in [0.2, 0.25) is 0 Å². The SMILES string of the molecule is C.CNC(=O)CCCCCCC(=O)Oc1ccc(C(C)=O)cc1.CNC(=O)CCCCCCC(=O)Oc1ccc(NC(C)=O)cc1. The van der Waals surface area contributed by atoms with E-state index in [0.29, 0.717) is 48.4 Å². The number of esters is 2. The molecule has 2 aromatic carbocycles. The van der Waals surface area contributed by atoms with Crippen LogP contribution < -0.4 is 25.4 Å². The van der Waals surface area contributed by atoms with E-state index in [1.165, 1.54) is 13.8 Å². The zero-order valence-corrected chi connectivity index (χ0v) is 26.9. The molecule has 3 amide bonds. The maximum atomic E-state index is 11.7. The summed E-state index contributed by atoms with van der Waals surface area (Å²) in [6, 6.07) is 13.2. The lowest BCUT2D eigenvalue weighted by Crippen LogP contribution is -2.16. The van der Waals surface area contributed by atoms with Crippen LogP contribution in [0, 0.1) is 0 Å². The second-order valence-electron chi connectivity index (χ2n) is 10.4. The van der Waals surface area contributed by atoms with Crippen LogP contribution in [0.5, 0.6) is 11.5 Å². The predicted octanol–water partition coefficient (Wildman–Crippen LogP) is 6.15. The number of carbonyl (C=O) groups excluding carboxylic acids is 6. The van der Waals surface area contributed by atoms with Gasteiger partial charge in [0.15, 0.2) is 5.78 Å². The Morgan fingerprint density at radius 1 is 0.543 bits per heavy atom. The molecule has 2 aromatic rings. The molecule has 0 aliphatic carbocycles. The molecular weight excluding hydrogens is 590 g/mol. The van der Waals surface area contributed by atoms with Crippen LogP contribution in [0.3, 0.4) is 0 Å². The van der Waals surface area contributed by atoms with Crippen LogP contribution in [0.25, 0.3) is 0 Å². The number of hydrogen-bond donors (Lipinski definition) is 3. The molecule has 0 radical (unpaired) electrons. The van der Waals surface area contributed by atoms with Crippen LogP contribution in [0.15, 0.2) is 48.5 Å². The molecule has 0 aliphatic heterocycles. The first-order chi connectivity index (χ1) is 21.5. The summed E-state index contributed by atoms with van der Waals surface area (Å²) in [7, 11) is 3.25. The van der Waals surface area contributed by atoms with Crippen molar-refractivity contribution in [3.8, 4) is 11.5 Å². The Morgan fingerprint density at radius 3 is 1.26 bits per heavy atom. The summed E-state index contributed by atoms with van der Waals surface area (Å²) in [5.41, 5.74) is 1.25. The molecular formula is C35H51N3O8. The molecule has 0 atom stereocenters. The van der Waals surface area contributed by atoms with Gasteiger partial charge in [0.05, 0.1) is 0 Å². The second kappa shape index (κ2) is 24.7. The van der Waals surface area contributed by atoms with E-state index in [9.17, 15) is 28.8 Å². The van der Waals surface area contributed by atoms with Gasteiger partial charge < -0.3 is 25.4 Å². The molecule has 3 N–H and O–H groups in total. The van der Waals surface area contributed by atoms with E-state index >= 15 is 0 Å². The van der Waals surface area contributed by atoms with Crippen molar-refractivity contribution in [1.82, 2.24) is 10.6 Å². The number of unbranched alkanes of at least 4 members (excludes halogenated alkanes) is 6. The van der Waals surface area contributed by atoms with Gasteiger partial charge in [-0.1, -0.05) is 33.1 Å². The number of ether oxygens (including phenoxy) is 2. The van der Waals surface area contributed by atoms with E-state index in [0.717, 1.165) is 51.4 Å². The van der Waals surface area contributed by atoms with Crippen molar-refractivity contribution in [2.45, 2.75) is 98.3 Å². The number of benzene rings is 2. The highest BCUT2D eigenvalue weighted by Gasteiger charge is 2.07. The molecule has 11 heteroatoms. The fourth-order valence-corrected chi connectivity index (χ4v) is 4.00. The van der Waals surface area contributed by atoms with Gasteiger partial charge in [0.25, 0.3) is 0 Å². The van der Waals surface area contributed by atoms with Gasteiger partial charge in [-0.2, -0.15) is 0 Å². The molecule has 254 valence electrons. The number of Topliss-reactive ketones (excluding diaryl/α,β-unsaturated/α-hetero) is 1. The van der Waals surface area contributed by atoms with Gasteiger partial charge in [-0.3, -0.25) is 28.8 Å². The van der Waals surface area contributed by atoms with Crippen LogP contribution in [0.4, 0.5) is 5.69 Å². The molecule has 0 saturated heterocycles. The Balaban J connectivity index is 0.000000862. The van der Waals surface area contributed by atoms with Crippen LogP contribution in [-0.4, -0.2) is 49.5 Å². The molecule has 2 rings (SSSR count). The van der Waals surface area contributed by atoms with Gasteiger partial charge in [0.1, 0.15) is 11.5 Å². The quantitative estimate of drug-likeness (QED) is 0.0757. The normalized spacial score (nSPS) is 9.83. The van der Waals surface area contributed by atoms with E-state index in [1.54, 1.807) is 62.6 Å². The smallest absolute Gasteiger partial charge is 0.311 e. The standard InChI is InChI=1S/C17H24N2O4.C17H23NO4.CH4/c1-13(20)19-14-9-11-15(12-10-14)23-17(22)8-6-4-3-5-7-16(21)18-2;1-13(19)14-9-11-15(12-10-14)22-17(21)8-6-4-3-5-7-16(20)18-2;/h9-12H,3-8H2,1-2H3,(H,18,21)(H,19,20);9-12H,3-8H2,1-2H3,(H,18,20);1H4. The average Bonchev–Trinajstić information content (AvgIpc) is 3.01. The predicted molar refractivity (Wildman–Crippen MR) is 179 cm³/mol. The average molecular weight is 642 g/mol. The van der Waals surface area contributed by atoms with Crippen molar-refractivity contribution in [2.24, 2.45) is 0 Å². The van der Waals surface area contributed by atoms with Crippen molar-refractivity contribution in [3.05, 3.63) is 54.1 Å². The first-order valence-corrected chi connectivity index (χ1v) is 15.3. The molecule has 0 bridgehead atoms. The van der Waals surface area contributed by atoms with Gasteiger partial charge in [-0.05, 0) is 81.1 Å². The molecule has 46 heavy (non-hydrogen) atoms. The number of ketones is 1. The third-order valence-electron chi connectivity index (χ3n) is 6.53. The molecule has 0 aromatic heterocycles. The molecule has 0 saturated carbocycles. The number of hydrogen-bond acceptors (Lipinski definition) is 8. The summed E-state index contributed by atoms with van der Waals surface area (Å²) < 4.78 is 10.4. The van der Waals surface area contributed by atoms with Gasteiger partial charge in [0.2, 0.25) is 17.7 Å². The second-order valence-corrected chi connectivity index (χ2v) is 10.4. The lowest BCUT2D eigenvalue weighted by Gasteiger charge is -2.06. The Morgan fingerprint density at radius 2 is 0.913 bits per heavy atom. The highest BCUT2D eigenvalue weighted by atomic mass is 16.5. The van der Waals surface area contributed by atoms with Crippen LogP contribution in [0.1, 0.15) is 109 Å². The minimum absolute atomic E-state index is 0. The van der Waals surface area contributed by atoms with Crippen molar-refractivity contribution in [2.75, 3.05) is 19.4 Å². The zero-order chi connectivity index (χ0) is 33.5. The number of amides is 3. The monoisotopic (exact) mass is 641 g/mol. The number of nitrogens with one attached hydrogen (secondary N) is 3. The van der Waals surface area contributed by atoms with E-state index in [-0.39, 0.29) is 42.9 Å². The summed E-state index contributed by atoms with van der Waals surface area (Å²) in [4.78, 5) is 67.5. The molecule has 0 heterocycles. The summed E-state index contributed by atoms with van der Waals surface area (Å²) >= 11 is 0. The fraction of sp³-hybridized carbons (Fsp3) is 0.486. The van der Waals surface area contributed by atoms with E-state index in [4.69, 9.17) is 9.47 Å². The van der Waals surface area contributed by atoms with E-state index in [1.807, 2.05) is 0 Å². The van der Waals surface area contributed by atoms with Crippen LogP contribution >= 0.6 is 0 Å². The summed E-state index contributed by atoms with van der Waals surface area (Å²) in [6.07, 6.45) is 8.57. The van der Waals surface area contributed by atoms with Crippen LogP contribution in [-0.2, 0) is 24.0 Å². The Labute approximate surface area is 273 Å². The lowest BCUT2D eigenvalue weighted by molar-refractivity contribution is -0.135. The van der Waals surface area contributed by atoms with Crippen molar-refractivity contribution in [1.29, 1.82) is 0 Å². The summed E-state index contributed by atoms with van der Waals surface area (Å²) in [5.74, 6) is 0.296. The van der Waals surface area contributed by atoms with Gasteiger partial charge in [-0.15, -0.1) is 0 Å². The number of carbonyl (C=O) groups is 6. The Kier molecular flexibility index (Phi) is 22.3. The summed E-state index contributed by atoms with van der Waals surface area (Å²) in [6.45, 7) is 2.92. The third-order valence-corrected chi connectivity index (χ3v) is 6.53. The van der Waals surface area contributed by atoms with Gasteiger partial charge >= 0.3 is 11.9 Å². The Bertz CT molecular complexity index is 1230. The maximum Gasteiger partial charge on any atom is 0.311 e. The van der Waals surface area contributed by atoms with Gasteiger partial charge in [-0.25, -0.2) is 0 Å².